The van der Waals surface area contributed by atoms with E-state index in [9.17, 15) is 4.79 Å². The Morgan fingerprint density at radius 2 is 2.47 bits per heavy atom. The number of hydrogen-bond donors (Lipinski definition) is 2. The van der Waals surface area contributed by atoms with Crippen LogP contribution in [-0.2, 0) is 0 Å². The molecule has 2 rings (SSSR count). The zero-order valence-electron chi connectivity index (χ0n) is 9.56. The highest BCUT2D eigenvalue weighted by atomic mass is 32.1. The van der Waals surface area contributed by atoms with E-state index >= 15 is 0 Å². The third-order valence-corrected chi connectivity index (χ3v) is 3.32. The lowest BCUT2D eigenvalue weighted by molar-refractivity contribution is 0.0941. The SMILES string of the molecule is COc1ccsc1C(=O)NC(C)c1cn[nH]c1. The first-order valence-electron chi connectivity index (χ1n) is 5.13. The van der Waals surface area contributed by atoms with Gasteiger partial charge in [0.25, 0.3) is 5.91 Å². The smallest absolute Gasteiger partial charge is 0.265 e. The number of rotatable bonds is 4. The summed E-state index contributed by atoms with van der Waals surface area (Å²) in [5.41, 5.74) is 0.939. The average molecular weight is 251 g/mol. The molecule has 6 heteroatoms. The predicted molar refractivity (Wildman–Crippen MR) is 65.3 cm³/mol. The van der Waals surface area contributed by atoms with Crippen molar-refractivity contribution < 1.29 is 9.53 Å². The maximum absolute atomic E-state index is 12.0. The molecule has 1 amide bonds. The van der Waals surface area contributed by atoms with Crippen LogP contribution in [0.5, 0.6) is 5.75 Å². The number of nitrogens with zero attached hydrogens (tertiary/aromatic N) is 1. The van der Waals surface area contributed by atoms with Gasteiger partial charge in [0.15, 0.2) is 0 Å². The maximum atomic E-state index is 12.0. The molecule has 0 aliphatic rings. The average Bonchev–Trinajstić information content (AvgIpc) is 2.99. The van der Waals surface area contributed by atoms with Crippen LogP contribution in [0.25, 0.3) is 0 Å². The molecule has 17 heavy (non-hydrogen) atoms. The van der Waals surface area contributed by atoms with Crippen LogP contribution in [0.3, 0.4) is 0 Å². The molecule has 0 aliphatic carbocycles. The number of nitrogens with one attached hydrogen (secondary N) is 2. The van der Waals surface area contributed by atoms with Gasteiger partial charge in [-0.3, -0.25) is 9.89 Å². The summed E-state index contributed by atoms with van der Waals surface area (Å²) in [5, 5.41) is 11.3. The van der Waals surface area contributed by atoms with Crippen LogP contribution in [0.1, 0.15) is 28.2 Å². The number of amides is 1. The Bertz CT molecular complexity index is 493. The number of hydrogen-bond acceptors (Lipinski definition) is 4. The molecule has 2 heterocycles. The number of aromatic nitrogens is 2. The molecule has 90 valence electrons. The van der Waals surface area contributed by atoms with E-state index < -0.39 is 0 Å². The minimum absolute atomic E-state index is 0.0898. The topological polar surface area (TPSA) is 67.0 Å². The van der Waals surface area contributed by atoms with E-state index in [-0.39, 0.29) is 11.9 Å². The fourth-order valence-electron chi connectivity index (χ4n) is 1.47. The second-order valence-electron chi connectivity index (χ2n) is 3.54. The Labute approximate surface area is 103 Å². The highest BCUT2D eigenvalue weighted by molar-refractivity contribution is 7.12. The quantitative estimate of drug-likeness (QED) is 0.873. The first-order valence-corrected chi connectivity index (χ1v) is 6.01. The van der Waals surface area contributed by atoms with Crippen molar-refractivity contribution in [2.75, 3.05) is 7.11 Å². The standard InChI is InChI=1S/C11H13N3O2S/c1-7(8-5-12-13-6-8)14-11(15)10-9(16-2)3-4-17-10/h3-7H,1-2H3,(H,12,13)(H,14,15). The Morgan fingerprint density at radius 1 is 1.65 bits per heavy atom. The van der Waals surface area contributed by atoms with Crippen molar-refractivity contribution in [2.24, 2.45) is 0 Å². The van der Waals surface area contributed by atoms with Crippen LogP contribution in [0.2, 0.25) is 0 Å². The summed E-state index contributed by atoms with van der Waals surface area (Å²) in [5.74, 6) is 0.470. The number of thiophene rings is 1. The van der Waals surface area contributed by atoms with Crippen molar-refractivity contribution in [3.8, 4) is 5.75 Å². The maximum Gasteiger partial charge on any atom is 0.265 e. The number of ether oxygens (including phenoxy) is 1. The van der Waals surface area contributed by atoms with Crippen molar-refractivity contribution in [3.05, 3.63) is 34.3 Å². The normalized spacial score (nSPS) is 12.1. The second-order valence-corrected chi connectivity index (χ2v) is 4.46. The van der Waals surface area contributed by atoms with E-state index in [1.54, 1.807) is 25.6 Å². The summed E-state index contributed by atoms with van der Waals surface area (Å²) < 4.78 is 5.11. The van der Waals surface area contributed by atoms with Crippen LogP contribution >= 0.6 is 11.3 Å². The summed E-state index contributed by atoms with van der Waals surface area (Å²) in [4.78, 5) is 12.6. The molecule has 0 saturated heterocycles. The van der Waals surface area contributed by atoms with Gasteiger partial charge in [0.1, 0.15) is 10.6 Å². The van der Waals surface area contributed by atoms with E-state index in [0.29, 0.717) is 10.6 Å². The summed E-state index contributed by atoms with van der Waals surface area (Å²) in [7, 11) is 1.55. The zero-order valence-corrected chi connectivity index (χ0v) is 10.4. The van der Waals surface area contributed by atoms with Crippen LogP contribution in [-0.4, -0.2) is 23.2 Å². The number of H-pyrrole nitrogens is 1. The van der Waals surface area contributed by atoms with Crippen molar-refractivity contribution in [2.45, 2.75) is 13.0 Å². The monoisotopic (exact) mass is 251 g/mol. The molecule has 1 atom stereocenters. The Hall–Kier alpha value is -1.82. The molecular weight excluding hydrogens is 238 g/mol. The molecule has 2 aromatic heterocycles. The Morgan fingerprint density at radius 3 is 3.12 bits per heavy atom. The third kappa shape index (κ3) is 2.47. The lowest BCUT2D eigenvalue weighted by Gasteiger charge is -2.11. The number of carbonyl (C=O) groups excluding carboxylic acids is 1. The van der Waals surface area contributed by atoms with E-state index in [2.05, 4.69) is 15.5 Å². The molecule has 0 aliphatic heterocycles. The molecule has 0 radical (unpaired) electrons. The van der Waals surface area contributed by atoms with Gasteiger partial charge in [-0.15, -0.1) is 11.3 Å². The van der Waals surface area contributed by atoms with Crippen molar-refractivity contribution in [1.82, 2.24) is 15.5 Å². The molecule has 5 nitrogen and oxygen atoms in total. The molecule has 0 saturated carbocycles. The predicted octanol–water partition coefficient (Wildman–Crippen LogP) is 1.97. The van der Waals surface area contributed by atoms with Crippen LogP contribution in [0.4, 0.5) is 0 Å². The zero-order chi connectivity index (χ0) is 12.3. The van der Waals surface area contributed by atoms with Gasteiger partial charge in [-0.05, 0) is 18.4 Å². The molecule has 0 fully saturated rings. The van der Waals surface area contributed by atoms with Gasteiger partial charge >= 0.3 is 0 Å². The fraction of sp³-hybridized carbons (Fsp3) is 0.273. The Balaban J connectivity index is 2.07. The van der Waals surface area contributed by atoms with E-state index in [1.807, 2.05) is 12.3 Å². The highest BCUT2D eigenvalue weighted by Gasteiger charge is 2.17. The summed E-state index contributed by atoms with van der Waals surface area (Å²) in [6.45, 7) is 1.91. The highest BCUT2D eigenvalue weighted by Crippen LogP contribution is 2.25. The van der Waals surface area contributed by atoms with E-state index in [1.165, 1.54) is 11.3 Å². The van der Waals surface area contributed by atoms with Gasteiger partial charge in [0.05, 0.1) is 19.3 Å². The molecular formula is C11H13N3O2S. The van der Waals surface area contributed by atoms with Gasteiger partial charge < -0.3 is 10.1 Å². The molecule has 0 spiro atoms. The van der Waals surface area contributed by atoms with Crippen LogP contribution < -0.4 is 10.1 Å². The van der Waals surface area contributed by atoms with Gasteiger partial charge in [-0.1, -0.05) is 0 Å². The number of methoxy groups -OCH3 is 1. The molecule has 0 aromatic carbocycles. The largest absolute Gasteiger partial charge is 0.495 e. The first kappa shape index (κ1) is 11.7. The molecule has 2 N–H and O–H groups in total. The van der Waals surface area contributed by atoms with E-state index in [0.717, 1.165) is 5.56 Å². The lowest BCUT2D eigenvalue weighted by Crippen LogP contribution is -2.25. The lowest BCUT2D eigenvalue weighted by atomic mass is 10.2. The second kappa shape index (κ2) is 5.01. The van der Waals surface area contributed by atoms with Crippen LogP contribution in [0.15, 0.2) is 23.8 Å². The van der Waals surface area contributed by atoms with Crippen molar-refractivity contribution >= 4 is 17.2 Å². The van der Waals surface area contributed by atoms with Gasteiger partial charge in [0.2, 0.25) is 0 Å². The minimum atomic E-state index is -0.134. The number of aromatic amines is 1. The van der Waals surface area contributed by atoms with Gasteiger partial charge in [0, 0.05) is 11.8 Å². The van der Waals surface area contributed by atoms with Crippen molar-refractivity contribution in [1.29, 1.82) is 0 Å². The molecule has 1 unspecified atom stereocenters. The van der Waals surface area contributed by atoms with Crippen LogP contribution in [0, 0.1) is 0 Å². The third-order valence-electron chi connectivity index (χ3n) is 2.42. The first-order chi connectivity index (χ1) is 8.22. The van der Waals surface area contributed by atoms with Gasteiger partial charge in [-0.2, -0.15) is 5.10 Å². The molecule has 0 bridgehead atoms. The Kier molecular flexibility index (Phi) is 3.43. The summed E-state index contributed by atoms with van der Waals surface area (Å²) in [6.07, 6.45) is 3.45. The molecule has 2 aromatic rings. The number of carbonyl (C=O) groups is 1. The van der Waals surface area contributed by atoms with Gasteiger partial charge in [-0.25, -0.2) is 0 Å². The summed E-state index contributed by atoms with van der Waals surface area (Å²) in [6, 6.07) is 1.69. The van der Waals surface area contributed by atoms with E-state index in [4.69, 9.17) is 4.74 Å². The summed E-state index contributed by atoms with van der Waals surface area (Å²) >= 11 is 1.36. The van der Waals surface area contributed by atoms with Crippen molar-refractivity contribution in [3.63, 3.8) is 0 Å². The fourth-order valence-corrected chi connectivity index (χ4v) is 2.23. The minimum Gasteiger partial charge on any atom is -0.495 e.